The van der Waals surface area contributed by atoms with Crippen LogP contribution < -0.4 is 4.90 Å². The van der Waals surface area contributed by atoms with Crippen LogP contribution in [0.25, 0.3) is 5.69 Å². The molecule has 0 spiro atoms. The van der Waals surface area contributed by atoms with E-state index in [4.69, 9.17) is 0 Å². The van der Waals surface area contributed by atoms with Crippen molar-refractivity contribution >= 4 is 11.6 Å². The first-order valence-electron chi connectivity index (χ1n) is 6.62. The molecule has 0 saturated heterocycles. The number of anilines is 1. The second-order valence-corrected chi connectivity index (χ2v) is 5.32. The maximum absolute atomic E-state index is 13.2. The van der Waals surface area contributed by atoms with Gasteiger partial charge >= 0.3 is 0 Å². The van der Waals surface area contributed by atoms with Gasteiger partial charge in [-0.05, 0) is 6.92 Å². The predicted octanol–water partition coefficient (Wildman–Crippen LogP) is 2.33. The molecule has 0 radical (unpaired) electrons. The van der Waals surface area contributed by atoms with E-state index in [1.165, 1.54) is 30.2 Å². The molecule has 1 aliphatic rings. The molecule has 1 atom stereocenters. The molecular weight excluding hydrogens is 297 g/mol. The van der Waals surface area contributed by atoms with Crippen LogP contribution in [0, 0.1) is 18.7 Å². The smallest absolute Gasteiger partial charge is 0.260 e. The number of hydrogen-bond acceptors (Lipinski definition) is 3. The summed E-state index contributed by atoms with van der Waals surface area (Å²) in [5.74, 6) is -5.35. The van der Waals surface area contributed by atoms with Crippen LogP contribution in [0.1, 0.15) is 12.1 Å². The van der Waals surface area contributed by atoms with Gasteiger partial charge < -0.3 is 4.90 Å². The highest BCUT2D eigenvalue weighted by atomic mass is 19.3. The van der Waals surface area contributed by atoms with Gasteiger partial charge in [0.25, 0.3) is 5.92 Å². The van der Waals surface area contributed by atoms with Crippen molar-refractivity contribution in [3.8, 4) is 5.69 Å². The van der Waals surface area contributed by atoms with Crippen LogP contribution in [0.3, 0.4) is 0 Å². The molecular formula is C14H13F3N4O. The van der Waals surface area contributed by atoms with Crippen LogP contribution in [0.2, 0.25) is 0 Å². The molecule has 2 aromatic rings. The highest BCUT2D eigenvalue weighted by molar-refractivity contribution is 5.97. The average Bonchev–Trinajstić information content (AvgIpc) is 2.92. The fraction of sp³-hybridized carbons (Fsp3) is 0.357. The van der Waals surface area contributed by atoms with Gasteiger partial charge in [0.2, 0.25) is 5.91 Å². The van der Waals surface area contributed by atoms with E-state index in [1.807, 2.05) is 0 Å². The molecule has 1 saturated carbocycles. The summed E-state index contributed by atoms with van der Waals surface area (Å²) in [7, 11) is 1.43. The molecule has 8 heteroatoms. The second-order valence-electron chi connectivity index (χ2n) is 5.32. The molecule has 0 bridgehead atoms. The van der Waals surface area contributed by atoms with Crippen molar-refractivity contribution in [3.05, 3.63) is 36.2 Å². The standard InChI is InChI=1S/C14H13F3N4O/c1-8-12(20(2)13(22)11-4-14(11,16)17)7-21(19-8)10-3-9(15)5-18-6-10/h3,5-7,11H,4H2,1-2H3. The lowest BCUT2D eigenvalue weighted by atomic mass is 10.3. The Morgan fingerprint density at radius 1 is 1.45 bits per heavy atom. The Morgan fingerprint density at radius 3 is 2.73 bits per heavy atom. The molecule has 0 aromatic carbocycles. The number of amides is 1. The Labute approximate surface area is 124 Å². The van der Waals surface area contributed by atoms with Gasteiger partial charge in [-0.1, -0.05) is 0 Å². The van der Waals surface area contributed by atoms with Crippen molar-refractivity contribution in [2.45, 2.75) is 19.3 Å². The van der Waals surface area contributed by atoms with Gasteiger partial charge in [0.1, 0.15) is 11.7 Å². The number of carbonyl (C=O) groups is 1. The Kier molecular flexibility index (Phi) is 3.19. The minimum atomic E-state index is -2.91. The van der Waals surface area contributed by atoms with Gasteiger partial charge in [-0.25, -0.2) is 17.9 Å². The molecule has 1 aliphatic carbocycles. The van der Waals surface area contributed by atoms with Crippen LogP contribution in [0.15, 0.2) is 24.7 Å². The Morgan fingerprint density at radius 2 is 2.14 bits per heavy atom. The number of aryl methyl sites for hydroxylation is 1. The number of pyridine rings is 1. The molecule has 0 aliphatic heterocycles. The van der Waals surface area contributed by atoms with Crippen LogP contribution >= 0.6 is 0 Å². The lowest BCUT2D eigenvalue weighted by Crippen LogP contribution is -2.29. The number of alkyl halides is 2. The van der Waals surface area contributed by atoms with E-state index < -0.39 is 30.0 Å². The fourth-order valence-electron chi connectivity index (χ4n) is 2.27. The van der Waals surface area contributed by atoms with Crippen molar-refractivity contribution in [2.24, 2.45) is 5.92 Å². The zero-order valence-electron chi connectivity index (χ0n) is 11.9. The molecule has 3 rings (SSSR count). The summed E-state index contributed by atoms with van der Waals surface area (Å²) in [6.45, 7) is 1.65. The molecule has 1 unspecified atom stereocenters. The normalized spacial score (nSPS) is 19.0. The lowest BCUT2D eigenvalue weighted by molar-refractivity contribution is -0.121. The van der Waals surface area contributed by atoms with Crippen molar-refractivity contribution < 1.29 is 18.0 Å². The van der Waals surface area contributed by atoms with Crippen molar-refractivity contribution in [1.29, 1.82) is 0 Å². The maximum atomic E-state index is 13.2. The zero-order valence-corrected chi connectivity index (χ0v) is 11.9. The highest BCUT2D eigenvalue weighted by Gasteiger charge is 2.62. The Hall–Kier alpha value is -2.38. The molecule has 1 fully saturated rings. The topological polar surface area (TPSA) is 51.0 Å². The third-order valence-electron chi connectivity index (χ3n) is 3.64. The van der Waals surface area contributed by atoms with Crippen LogP contribution in [0.4, 0.5) is 18.9 Å². The Bertz CT molecular complexity index is 743. The first kappa shape index (κ1) is 14.6. The molecule has 2 aromatic heterocycles. The quantitative estimate of drug-likeness (QED) is 0.874. The van der Waals surface area contributed by atoms with Crippen LogP contribution in [-0.4, -0.2) is 33.6 Å². The second kappa shape index (κ2) is 4.82. The molecule has 1 amide bonds. The molecule has 2 heterocycles. The minimum Gasteiger partial charge on any atom is -0.312 e. The van der Waals surface area contributed by atoms with E-state index in [0.717, 1.165) is 11.1 Å². The third-order valence-corrected chi connectivity index (χ3v) is 3.64. The van der Waals surface area contributed by atoms with E-state index >= 15 is 0 Å². The highest BCUT2D eigenvalue weighted by Crippen LogP contribution is 2.49. The van der Waals surface area contributed by atoms with Gasteiger partial charge in [0, 0.05) is 19.5 Å². The number of rotatable bonds is 3. The van der Waals surface area contributed by atoms with E-state index in [9.17, 15) is 18.0 Å². The van der Waals surface area contributed by atoms with Crippen molar-refractivity contribution in [1.82, 2.24) is 14.8 Å². The molecule has 22 heavy (non-hydrogen) atoms. The summed E-state index contributed by atoms with van der Waals surface area (Å²) in [5.41, 5.74) is 1.26. The third kappa shape index (κ3) is 2.44. The fourth-order valence-corrected chi connectivity index (χ4v) is 2.27. The van der Waals surface area contributed by atoms with Gasteiger partial charge in [0.15, 0.2) is 0 Å². The Balaban J connectivity index is 1.88. The van der Waals surface area contributed by atoms with E-state index in [2.05, 4.69) is 10.1 Å². The van der Waals surface area contributed by atoms with Crippen molar-refractivity contribution in [2.75, 3.05) is 11.9 Å². The summed E-state index contributed by atoms with van der Waals surface area (Å²) in [4.78, 5) is 16.9. The zero-order chi connectivity index (χ0) is 16.1. The summed E-state index contributed by atoms with van der Waals surface area (Å²) in [5, 5.41) is 4.17. The van der Waals surface area contributed by atoms with Gasteiger partial charge in [0.05, 0.1) is 35.7 Å². The summed E-state index contributed by atoms with van der Waals surface area (Å²) in [6.07, 6.45) is 3.54. The summed E-state index contributed by atoms with van der Waals surface area (Å²) in [6, 6.07) is 1.24. The van der Waals surface area contributed by atoms with E-state index in [1.54, 1.807) is 6.92 Å². The van der Waals surface area contributed by atoms with Gasteiger partial charge in [-0.2, -0.15) is 5.10 Å². The molecule has 0 N–H and O–H groups in total. The van der Waals surface area contributed by atoms with E-state index in [0.29, 0.717) is 17.1 Å². The number of hydrogen-bond donors (Lipinski definition) is 0. The number of aromatic nitrogens is 3. The molecule has 116 valence electrons. The van der Waals surface area contributed by atoms with Crippen LogP contribution in [0.5, 0.6) is 0 Å². The first-order valence-corrected chi connectivity index (χ1v) is 6.62. The van der Waals surface area contributed by atoms with Crippen molar-refractivity contribution in [3.63, 3.8) is 0 Å². The monoisotopic (exact) mass is 310 g/mol. The van der Waals surface area contributed by atoms with Gasteiger partial charge in [-0.15, -0.1) is 0 Å². The number of carbonyl (C=O) groups excluding carboxylic acids is 1. The number of nitrogens with zero attached hydrogens (tertiary/aromatic N) is 4. The molecule has 5 nitrogen and oxygen atoms in total. The summed E-state index contributed by atoms with van der Waals surface area (Å²) >= 11 is 0. The summed E-state index contributed by atoms with van der Waals surface area (Å²) < 4.78 is 40.6. The van der Waals surface area contributed by atoms with Crippen LogP contribution in [-0.2, 0) is 4.79 Å². The first-order chi connectivity index (χ1) is 10.3. The maximum Gasteiger partial charge on any atom is 0.260 e. The van der Waals surface area contributed by atoms with E-state index in [-0.39, 0.29) is 0 Å². The average molecular weight is 310 g/mol. The van der Waals surface area contributed by atoms with Gasteiger partial charge in [-0.3, -0.25) is 9.78 Å². The predicted molar refractivity (Wildman–Crippen MR) is 72.5 cm³/mol. The minimum absolute atomic E-state index is 0.381. The SMILES string of the molecule is Cc1nn(-c2cncc(F)c2)cc1N(C)C(=O)C1CC1(F)F. The number of halogens is 3. The lowest BCUT2D eigenvalue weighted by Gasteiger charge is -2.15. The largest absolute Gasteiger partial charge is 0.312 e.